The molecule has 3 amide bonds. The zero-order chi connectivity index (χ0) is 19.2. The molecule has 2 aromatic rings. The van der Waals surface area contributed by atoms with Gasteiger partial charge in [0.25, 0.3) is 0 Å². The summed E-state index contributed by atoms with van der Waals surface area (Å²) in [6.45, 7) is 2.06. The van der Waals surface area contributed by atoms with Crippen LogP contribution in [0.1, 0.15) is 18.9 Å². The summed E-state index contributed by atoms with van der Waals surface area (Å²) < 4.78 is 40.2. The molecule has 0 aliphatic heterocycles. The Bertz CT molecular complexity index is 760. The van der Waals surface area contributed by atoms with Crippen LogP contribution in [0.25, 0.3) is 5.69 Å². The summed E-state index contributed by atoms with van der Waals surface area (Å²) in [5.74, 6) is -0.390. The lowest BCUT2D eigenvalue weighted by molar-refractivity contribution is -0.137. The first-order valence-corrected chi connectivity index (χ1v) is 7.84. The molecular formula is C16H18F3N5O2. The number of nitrogens with zero attached hydrogens (tertiary/aromatic N) is 2. The van der Waals surface area contributed by atoms with E-state index in [1.807, 2.05) is 6.92 Å². The number of aromatic nitrogens is 2. The van der Waals surface area contributed by atoms with Crippen LogP contribution in [0.3, 0.4) is 0 Å². The van der Waals surface area contributed by atoms with Gasteiger partial charge in [0, 0.05) is 18.9 Å². The van der Waals surface area contributed by atoms with Gasteiger partial charge in [-0.25, -0.2) is 9.48 Å². The maximum absolute atomic E-state index is 12.9. The van der Waals surface area contributed by atoms with Crippen LogP contribution >= 0.6 is 0 Å². The molecule has 140 valence electrons. The molecule has 0 bridgehead atoms. The predicted octanol–water partition coefficient (Wildman–Crippen LogP) is 2.54. The van der Waals surface area contributed by atoms with Gasteiger partial charge in [0.1, 0.15) is 0 Å². The second-order valence-electron chi connectivity index (χ2n) is 5.34. The quantitative estimate of drug-likeness (QED) is 0.731. The summed E-state index contributed by atoms with van der Waals surface area (Å²) in [7, 11) is 0. The zero-order valence-electron chi connectivity index (χ0n) is 13.9. The Morgan fingerprint density at radius 1 is 1.23 bits per heavy atom. The summed E-state index contributed by atoms with van der Waals surface area (Å²) in [5, 5.41) is 11.2. The van der Waals surface area contributed by atoms with Gasteiger partial charge in [-0.1, -0.05) is 6.92 Å². The number of anilines is 1. The Balaban J connectivity index is 2.15. The van der Waals surface area contributed by atoms with Crippen LogP contribution in [0.15, 0.2) is 36.7 Å². The van der Waals surface area contributed by atoms with Crippen LogP contribution in [0.4, 0.5) is 23.7 Å². The van der Waals surface area contributed by atoms with Gasteiger partial charge in [-0.15, -0.1) is 0 Å². The van der Waals surface area contributed by atoms with Gasteiger partial charge in [0.15, 0.2) is 0 Å². The summed E-state index contributed by atoms with van der Waals surface area (Å²) >= 11 is 0. The van der Waals surface area contributed by atoms with Crippen molar-refractivity contribution in [1.82, 2.24) is 20.4 Å². The number of carbonyl (C=O) groups excluding carboxylic acids is 2. The van der Waals surface area contributed by atoms with E-state index in [1.54, 1.807) is 6.07 Å². The fourth-order valence-electron chi connectivity index (χ4n) is 2.08. The molecule has 7 nitrogen and oxygen atoms in total. The summed E-state index contributed by atoms with van der Waals surface area (Å²) in [5.41, 5.74) is -0.743. The normalized spacial score (nSPS) is 11.1. The van der Waals surface area contributed by atoms with Gasteiger partial charge in [-0.05, 0) is 30.7 Å². The Kier molecular flexibility index (Phi) is 6.21. The van der Waals surface area contributed by atoms with E-state index in [2.05, 4.69) is 21.0 Å². The Labute approximate surface area is 147 Å². The number of amides is 3. The van der Waals surface area contributed by atoms with Gasteiger partial charge in [0.2, 0.25) is 5.91 Å². The highest BCUT2D eigenvalue weighted by atomic mass is 19.4. The van der Waals surface area contributed by atoms with Crippen LogP contribution in [0, 0.1) is 0 Å². The Hall–Kier alpha value is -3.04. The van der Waals surface area contributed by atoms with Crippen molar-refractivity contribution >= 4 is 17.6 Å². The van der Waals surface area contributed by atoms with Crippen LogP contribution < -0.4 is 16.0 Å². The first-order valence-electron chi connectivity index (χ1n) is 7.84. The largest absolute Gasteiger partial charge is 0.416 e. The molecular weight excluding hydrogens is 351 g/mol. The van der Waals surface area contributed by atoms with Crippen molar-refractivity contribution in [3.63, 3.8) is 0 Å². The van der Waals surface area contributed by atoms with E-state index < -0.39 is 23.7 Å². The third-order valence-electron chi connectivity index (χ3n) is 3.30. The summed E-state index contributed by atoms with van der Waals surface area (Å²) in [6, 6.07) is 3.72. The van der Waals surface area contributed by atoms with E-state index in [9.17, 15) is 22.8 Å². The van der Waals surface area contributed by atoms with Crippen molar-refractivity contribution in [2.45, 2.75) is 19.5 Å². The van der Waals surface area contributed by atoms with Gasteiger partial charge in [-0.2, -0.15) is 18.3 Å². The lowest BCUT2D eigenvalue weighted by atomic mass is 10.1. The molecule has 1 heterocycles. The molecule has 0 radical (unpaired) electrons. The van der Waals surface area contributed by atoms with Crippen molar-refractivity contribution in [2.75, 3.05) is 18.4 Å². The van der Waals surface area contributed by atoms with E-state index in [-0.39, 0.29) is 17.9 Å². The second kappa shape index (κ2) is 8.37. The number of urea groups is 1. The monoisotopic (exact) mass is 369 g/mol. The minimum absolute atomic E-state index is 0.0880. The number of carbonyl (C=O) groups is 2. The number of hydrogen-bond acceptors (Lipinski definition) is 3. The number of hydrogen-bond donors (Lipinski definition) is 3. The first kappa shape index (κ1) is 19.3. The molecule has 0 saturated heterocycles. The highest BCUT2D eigenvalue weighted by Gasteiger charge is 2.31. The SMILES string of the molecule is CCCNC(=O)CNC(=O)Nc1cc(C(F)(F)F)ccc1-n1cccn1. The molecule has 1 aromatic heterocycles. The van der Waals surface area contributed by atoms with Crippen molar-refractivity contribution in [3.05, 3.63) is 42.2 Å². The number of benzene rings is 1. The average Bonchev–Trinajstić information content (AvgIpc) is 3.11. The molecule has 1 aromatic carbocycles. The fourth-order valence-corrected chi connectivity index (χ4v) is 2.08. The summed E-state index contributed by atoms with van der Waals surface area (Å²) in [4.78, 5) is 23.4. The van der Waals surface area contributed by atoms with E-state index in [1.165, 1.54) is 23.1 Å². The Morgan fingerprint density at radius 2 is 2.00 bits per heavy atom. The zero-order valence-corrected chi connectivity index (χ0v) is 13.9. The average molecular weight is 369 g/mol. The van der Waals surface area contributed by atoms with Crippen LogP contribution in [0.2, 0.25) is 0 Å². The van der Waals surface area contributed by atoms with Gasteiger partial charge in [0.05, 0.1) is 23.5 Å². The van der Waals surface area contributed by atoms with Crippen LogP contribution in [-0.2, 0) is 11.0 Å². The maximum Gasteiger partial charge on any atom is 0.416 e. The van der Waals surface area contributed by atoms with Crippen LogP contribution in [-0.4, -0.2) is 34.8 Å². The topological polar surface area (TPSA) is 88.0 Å². The number of rotatable bonds is 6. The molecule has 0 saturated carbocycles. The first-order chi connectivity index (χ1) is 12.3. The van der Waals surface area contributed by atoms with Crippen molar-refractivity contribution in [1.29, 1.82) is 0 Å². The molecule has 0 atom stereocenters. The van der Waals surface area contributed by atoms with E-state index >= 15 is 0 Å². The smallest absolute Gasteiger partial charge is 0.355 e. The summed E-state index contributed by atoms with van der Waals surface area (Å²) in [6.07, 6.45) is -0.825. The maximum atomic E-state index is 12.9. The number of halogens is 3. The molecule has 0 aliphatic rings. The van der Waals surface area contributed by atoms with E-state index in [4.69, 9.17) is 0 Å². The minimum Gasteiger partial charge on any atom is -0.355 e. The molecule has 3 N–H and O–H groups in total. The van der Waals surface area contributed by atoms with E-state index in [0.717, 1.165) is 18.6 Å². The van der Waals surface area contributed by atoms with Crippen molar-refractivity contribution in [2.24, 2.45) is 0 Å². The molecule has 0 fully saturated rings. The van der Waals surface area contributed by atoms with E-state index in [0.29, 0.717) is 6.54 Å². The third-order valence-corrected chi connectivity index (χ3v) is 3.30. The molecule has 0 aliphatic carbocycles. The van der Waals surface area contributed by atoms with Crippen LogP contribution in [0.5, 0.6) is 0 Å². The molecule has 26 heavy (non-hydrogen) atoms. The van der Waals surface area contributed by atoms with Gasteiger partial charge in [-0.3, -0.25) is 4.79 Å². The number of alkyl halides is 3. The fraction of sp³-hybridized carbons (Fsp3) is 0.312. The van der Waals surface area contributed by atoms with Crippen molar-refractivity contribution < 1.29 is 22.8 Å². The molecule has 0 unspecified atom stereocenters. The number of nitrogens with one attached hydrogen (secondary N) is 3. The lowest BCUT2D eigenvalue weighted by Crippen LogP contribution is -2.39. The minimum atomic E-state index is -4.56. The molecule has 2 rings (SSSR count). The molecule has 0 spiro atoms. The highest BCUT2D eigenvalue weighted by molar-refractivity contribution is 5.94. The van der Waals surface area contributed by atoms with Crippen molar-refractivity contribution in [3.8, 4) is 5.69 Å². The van der Waals surface area contributed by atoms with Gasteiger partial charge < -0.3 is 16.0 Å². The second-order valence-corrected chi connectivity index (χ2v) is 5.34. The van der Waals surface area contributed by atoms with Gasteiger partial charge >= 0.3 is 12.2 Å². The predicted molar refractivity (Wildman–Crippen MR) is 88.9 cm³/mol. The lowest BCUT2D eigenvalue weighted by Gasteiger charge is -2.15. The highest BCUT2D eigenvalue weighted by Crippen LogP contribution is 2.33. The molecule has 10 heteroatoms. The Morgan fingerprint density at radius 3 is 2.62 bits per heavy atom. The third kappa shape index (κ3) is 5.23. The standard InChI is InChI=1S/C16H18F3N5O2/c1-2-6-20-14(25)10-21-15(26)23-12-9-11(16(17,18)19)4-5-13(12)24-8-3-7-22-24/h3-5,7-9H,2,6,10H2,1H3,(H,20,25)(H2,21,23,26).